The van der Waals surface area contributed by atoms with Gasteiger partial charge in [-0.2, -0.15) is 0 Å². The summed E-state index contributed by atoms with van der Waals surface area (Å²) in [4.78, 5) is 0. The molecule has 0 aromatic heterocycles. The van der Waals surface area contributed by atoms with Gasteiger partial charge in [-0.05, 0) is 77.2 Å². The third-order valence-corrected chi connectivity index (χ3v) is 4.90. The maximum Gasteiger partial charge on any atom is 0.0576 e. The number of rotatable bonds is 10. The molecule has 2 aliphatic heterocycles. The summed E-state index contributed by atoms with van der Waals surface area (Å²) in [6.45, 7) is 5.37. The van der Waals surface area contributed by atoms with Gasteiger partial charge >= 0.3 is 0 Å². The fourth-order valence-electron chi connectivity index (χ4n) is 3.58. The largest absolute Gasteiger partial charge is 0.378 e. The molecule has 2 heterocycles. The SMILES string of the molecule is CCCNC(CCCC1CCCO1)CCC1CCCCO1. The third-order valence-electron chi connectivity index (χ3n) is 4.90. The first kappa shape index (κ1) is 17.2. The molecule has 1 N–H and O–H groups in total. The summed E-state index contributed by atoms with van der Waals surface area (Å²) in [6, 6.07) is 0.678. The predicted molar refractivity (Wildman–Crippen MR) is 87.7 cm³/mol. The molecule has 2 rings (SSSR count). The van der Waals surface area contributed by atoms with E-state index >= 15 is 0 Å². The van der Waals surface area contributed by atoms with Gasteiger partial charge in [-0.15, -0.1) is 0 Å². The molecule has 3 atom stereocenters. The fourth-order valence-corrected chi connectivity index (χ4v) is 3.58. The Labute approximate surface area is 131 Å². The van der Waals surface area contributed by atoms with Gasteiger partial charge in [0.15, 0.2) is 0 Å². The van der Waals surface area contributed by atoms with Crippen LogP contribution in [0.1, 0.15) is 77.6 Å². The molecule has 124 valence electrons. The highest BCUT2D eigenvalue weighted by molar-refractivity contribution is 4.73. The summed E-state index contributed by atoms with van der Waals surface area (Å²) >= 11 is 0. The number of ether oxygens (including phenoxy) is 2. The molecule has 2 fully saturated rings. The van der Waals surface area contributed by atoms with Crippen LogP contribution < -0.4 is 5.32 Å². The summed E-state index contributed by atoms with van der Waals surface area (Å²) in [5, 5.41) is 3.74. The molecule has 0 amide bonds. The van der Waals surface area contributed by atoms with E-state index in [0.717, 1.165) is 19.8 Å². The lowest BCUT2D eigenvalue weighted by molar-refractivity contribution is 0.00832. The summed E-state index contributed by atoms with van der Waals surface area (Å²) in [5.41, 5.74) is 0. The van der Waals surface area contributed by atoms with Crippen LogP contribution in [-0.2, 0) is 9.47 Å². The molecule has 0 aliphatic carbocycles. The highest BCUT2D eigenvalue weighted by atomic mass is 16.5. The van der Waals surface area contributed by atoms with E-state index in [-0.39, 0.29) is 0 Å². The first-order valence-electron chi connectivity index (χ1n) is 9.35. The Morgan fingerprint density at radius 2 is 1.71 bits per heavy atom. The van der Waals surface area contributed by atoms with E-state index < -0.39 is 0 Å². The van der Waals surface area contributed by atoms with E-state index in [1.807, 2.05) is 0 Å². The number of hydrogen-bond acceptors (Lipinski definition) is 3. The van der Waals surface area contributed by atoms with Crippen molar-refractivity contribution in [3.8, 4) is 0 Å². The molecule has 3 unspecified atom stereocenters. The van der Waals surface area contributed by atoms with E-state index in [2.05, 4.69) is 12.2 Å². The normalized spacial score (nSPS) is 27.9. The monoisotopic (exact) mass is 297 g/mol. The van der Waals surface area contributed by atoms with Crippen LogP contribution in [0.3, 0.4) is 0 Å². The van der Waals surface area contributed by atoms with Crippen LogP contribution in [0.15, 0.2) is 0 Å². The van der Waals surface area contributed by atoms with Crippen molar-refractivity contribution in [3.63, 3.8) is 0 Å². The van der Waals surface area contributed by atoms with Gasteiger partial charge in [0.1, 0.15) is 0 Å². The molecule has 0 aromatic carbocycles. The molecule has 21 heavy (non-hydrogen) atoms. The average Bonchev–Trinajstić information content (AvgIpc) is 3.04. The molecule has 0 aromatic rings. The maximum absolute atomic E-state index is 5.87. The Morgan fingerprint density at radius 3 is 2.38 bits per heavy atom. The first-order chi connectivity index (χ1) is 10.4. The molecule has 3 nitrogen and oxygen atoms in total. The highest BCUT2D eigenvalue weighted by Gasteiger charge is 2.18. The van der Waals surface area contributed by atoms with E-state index in [0.29, 0.717) is 18.2 Å². The van der Waals surface area contributed by atoms with Gasteiger partial charge in [0.2, 0.25) is 0 Å². The zero-order valence-corrected chi connectivity index (χ0v) is 13.9. The van der Waals surface area contributed by atoms with Gasteiger partial charge in [-0.1, -0.05) is 6.92 Å². The minimum absolute atomic E-state index is 0.530. The van der Waals surface area contributed by atoms with Crippen molar-refractivity contribution in [1.29, 1.82) is 0 Å². The van der Waals surface area contributed by atoms with Gasteiger partial charge in [0.05, 0.1) is 12.2 Å². The van der Waals surface area contributed by atoms with Crippen molar-refractivity contribution in [2.75, 3.05) is 19.8 Å². The van der Waals surface area contributed by atoms with Gasteiger partial charge < -0.3 is 14.8 Å². The van der Waals surface area contributed by atoms with Crippen molar-refractivity contribution < 1.29 is 9.47 Å². The molecule has 0 radical (unpaired) electrons. The smallest absolute Gasteiger partial charge is 0.0576 e. The van der Waals surface area contributed by atoms with Crippen LogP contribution in [0.2, 0.25) is 0 Å². The van der Waals surface area contributed by atoms with Crippen LogP contribution in [0.5, 0.6) is 0 Å². The second-order valence-corrected chi connectivity index (χ2v) is 6.78. The van der Waals surface area contributed by atoms with Crippen LogP contribution >= 0.6 is 0 Å². The second-order valence-electron chi connectivity index (χ2n) is 6.78. The average molecular weight is 297 g/mol. The summed E-state index contributed by atoms with van der Waals surface area (Å²) in [7, 11) is 0. The molecule has 0 saturated carbocycles. The minimum atomic E-state index is 0.530. The Morgan fingerprint density at radius 1 is 0.952 bits per heavy atom. The lowest BCUT2D eigenvalue weighted by Crippen LogP contribution is -2.32. The van der Waals surface area contributed by atoms with Crippen LogP contribution in [0, 0.1) is 0 Å². The van der Waals surface area contributed by atoms with Crippen molar-refractivity contribution >= 4 is 0 Å². The molecule has 3 heteroatoms. The zero-order valence-electron chi connectivity index (χ0n) is 13.9. The standard InChI is InChI=1S/C18H35NO2/c1-2-13-19-16(7-5-9-17-10-6-15-21-17)11-12-18-8-3-4-14-20-18/h16-19H,2-15H2,1H3. The number of nitrogens with one attached hydrogen (secondary N) is 1. The van der Waals surface area contributed by atoms with Gasteiger partial charge in [-0.3, -0.25) is 0 Å². The Kier molecular flexibility index (Phi) is 8.68. The Hall–Kier alpha value is -0.120. The predicted octanol–water partition coefficient (Wildman–Crippen LogP) is 4.05. The maximum atomic E-state index is 5.87. The highest BCUT2D eigenvalue weighted by Crippen LogP contribution is 2.21. The van der Waals surface area contributed by atoms with Crippen LogP contribution in [-0.4, -0.2) is 38.0 Å². The zero-order chi connectivity index (χ0) is 14.8. The van der Waals surface area contributed by atoms with Gasteiger partial charge in [-0.25, -0.2) is 0 Å². The summed E-state index contributed by atoms with van der Waals surface area (Å²) in [6.07, 6.45) is 15.1. The van der Waals surface area contributed by atoms with E-state index in [1.165, 1.54) is 70.6 Å². The topological polar surface area (TPSA) is 30.5 Å². The Balaban J connectivity index is 1.61. The molecule has 0 spiro atoms. The molecule has 2 aliphatic rings. The summed E-state index contributed by atoms with van der Waals surface area (Å²) in [5.74, 6) is 0. The van der Waals surface area contributed by atoms with E-state index in [1.54, 1.807) is 0 Å². The quantitative estimate of drug-likeness (QED) is 0.660. The Bertz CT molecular complexity index is 248. The summed E-state index contributed by atoms with van der Waals surface area (Å²) < 4.78 is 11.6. The molecular weight excluding hydrogens is 262 g/mol. The van der Waals surface area contributed by atoms with Crippen molar-refractivity contribution in [3.05, 3.63) is 0 Å². The third kappa shape index (κ3) is 7.12. The minimum Gasteiger partial charge on any atom is -0.378 e. The second kappa shape index (κ2) is 10.6. The van der Waals surface area contributed by atoms with Gasteiger partial charge in [0.25, 0.3) is 0 Å². The fraction of sp³-hybridized carbons (Fsp3) is 1.00. The van der Waals surface area contributed by atoms with E-state index in [9.17, 15) is 0 Å². The lowest BCUT2D eigenvalue weighted by atomic mass is 9.97. The lowest BCUT2D eigenvalue weighted by Gasteiger charge is -2.25. The molecule has 0 bridgehead atoms. The first-order valence-corrected chi connectivity index (χ1v) is 9.35. The molecular formula is C18H35NO2. The van der Waals surface area contributed by atoms with Crippen molar-refractivity contribution in [1.82, 2.24) is 5.32 Å². The molecule has 2 saturated heterocycles. The number of hydrogen-bond donors (Lipinski definition) is 1. The van der Waals surface area contributed by atoms with Crippen molar-refractivity contribution in [2.24, 2.45) is 0 Å². The van der Waals surface area contributed by atoms with Crippen LogP contribution in [0.25, 0.3) is 0 Å². The van der Waals surface area contributed by atoms with Crippen molar-refractivity contribution in [2.45, 2.75) is 95.8 Å². The van der Waals surface area contributed by atoms with Crippen LogP contribution in [0.4, 0.5) is 0 Å². The van der Waals surface area contributed by atoms with E-state index in [4.69, 9.17) is 9.47 Å². The van der Waals surface area contributed by atoms with Gasteiger partial charge in [0, 0.05) is 19.3 Å².